The largest absolute Gasteiger partial charge is 0.445 e. The molecular formula is C5H3Cl2F3O2. The van der Waals surface area contributed by atoms with E-state index < -0.39 is 29.0 Å². The minimum Gasteiger partial charge on any atom is -0.445 e. The molecule has 0 aromatic heterocycles. The molecule has 1 saturated carbocycles. The van der Waals surface area contributed by atoms with Crippen LogP contribution < -0.4 is 0 Å². The van der Waals surface area contributed by atoms with Crippen molar-refractivity contribution in [2.75, 3.05) is 0 Å². The van der Waals surface area contributed by atoms with Gasteiger partial charge in [0, 0.05) is 11.6 Å². The van der Waals surface area contributed by atoms with Crippen LogP contribution in [0.1, 0.15) is 6.42 Å². The van der Waals surface area contributed by atoms with Gasteiger partial charge in [0.1, 0.15) is 0 Å². The smallest absolute Gasteiger partial charge is 0.404 e. The molecule has 0 amide bonds. The molecule has 0 heterocycles. The third-order valence-corrected chi connectivity index (χ3v) is 2.18. The molecule has 0 spiro atoms. The Morgan fingerprint density at radius 3 is 2.25 bits per heavy atom. The Hall–Kier alpha value is -0.160. The highest BCUT2D eigenvalue weighted by Gasteiger charge is 2.71. The topological polar surface area (TPSA) is 26.3 Å². The first kappa shape index (κ1) is 9.92. The van der Waals surface area contributed by atoms with Crippen LogP contribution in [-0.2, 0) is 4.74 Å². The average molecular weight is 223 g/mol. The zero-order valence-electron chi connectivity index (χ0n) is 5.49. The van der Waals surface area contributed by atoms with E-state index in [0.29, 0.717) is 0 Å². The Morgan fingerprint density at radius 1 is 1.50 bits per heavy atom. The lowest BCUT2D eigenvalue weighted by molar-refractivity contribution is -0.229. The van der Waals surface area contributed by atoms with Gasteiger partial charge in [-0.2, -0.15) is 0 Å². The van der Waals surface area contributed by atoms with Crippen molar-refractivity contribution in [3.05, 3.63) is 0 Å². The molecule has 0 N–H and O–H groups in total. The van der Waals surface area contributed by atoms with E-state index in [0.717, 1.165) is 0 Å². The number of rotatable bonds is 1. The summed E-state index contributed by atoms with van der Waals surface area (Å²) in [5, 5.41) is -3.32. The third kappa shape index (κ3) is 1.35. The van der Waals surface area contributed by atoms with E-state index in [-0.39, 0.29) is 0 Å². The summed E-state index contributed by atoms with van der Waals surface area (Å²) in [5.74, 6) is -3.66. The maximum absolute atomic E-state index is 12.7. The van der Waals surface area contributed by atoms with E-state index in [4.69, 9.17) is 11.6 Å². The van der Waals surface area contributed by atoms with Crippen molar-refractivity contribution in [1.82, 2.24) is 0 Å². The van der Waals surface area contributed by atoms with Crippen LogP contribution in [0, 0.1) is 0 Å². The third-order valence-electron chi connectivity index (χ3n) is 1.57. The minimum atomic E-state index is -3.66. The molecule has 1 fully saturated rings. The quantitative estimate of drug-likeness (QED) is 0.504. The zero-order chi connectivity index (χ0) is 9.57. The molecule has 1 rings (SSSR count). The summed E-state index contributed by atoms with van der Waals surface area (Å²) in [6.45, 7) is 0. The Kier molecular flexibility index (Phi) is 2.21. The number of halogens is 5. The maximum atomic E-state index is 12.7. The van der Waals surface area contributed by atoms with Crippen LogP contribution in [0.5, 0.6) is 0 Å². The number of carbonyl (C=O) groups is 1. The summed E-state index contributed by atoms with van der Waals surface area (Å²) in [5.41, 5.74) is -1.35. The standard InChI is InChI=1S/C5H3Cl2F3O2/c6-3(11)12-2-1-4(8,9)5(2,7)10/h2H,1H2. The van der Waals surface area contributed by atoms with Gasteiger partial charge in [-0.15, -0.1) is 0 Å². The number of hydrogen-bond acceptors (Lipinski definition) is 2. The fraction of sp³-hybridized carbons (Fsp3) is 0.800. The molecule has 70 valence electrons. The van der Waals surface area contributed by atoms with Gasteiger partial charge >= 0.3 is 11.4 Å². The fourth-order valence-corrected chi connectivity index (χ4v) is 1.14. The van der Waals surface area contributed by atoms with Crippen LogP contribution >= 0.6 is 23.2 Å². The first-order chi connectivity index (χ1) is 5.27. The van der Waals surface area contributed by atoms with Gasteiger partial charge in [0.25, 0.3) is 5.13 Å². The molecule has 0 saturated heterocycles. The summed E-state index contributed by atoms with van der Waals surface area (Å²) in [4.78, 5) is 10.0. The SMILES string of the molecule is O=C(Cl)OC1CC(F)(F)C1(F)Cl. The molecule has 1 aliphatic carbocycles. The van der Waals surface area contributed by atoms with Gasteiger partial charge in [0.05, 0.1) is 6.42 Å². The monoisotopic (exact) mass is 222 g/mol. The maximum Gasteiger partial charge on any atom is 0.404 e. The Morgan fingerprint density at radius 2 is 2.00 bits per heavy atom. The molecule has 2 unspecified atom stereocenters. The van der Waals surface area contributed by atoms with Crippen LogP contribution in [0.15, 0.2) is 0 Å². The van der Waals surface area contributed by atoms with Crippen LogP contribution in [0.3, 0.4) is 0 Å². The molecule has 0 aromatic carbocycles. The molecule has 0 aromatic rings. The normalized spacial score (nSPS) is 38.6. The van der Waals surface area contributed by atoms with Crippen LogP contribution in [0.2, 0.25) is 0 Å². The average Bonchev–Trinajstić information content (AvgIpc) is 1.85. The van der Waals surface area contributed by atoms with Crippen LogP contribution in [-0.4, -0.2) is 22.6 Å². The molecule has 0 bridgehead atoms. The van der Waals surface area contributed by atoms with Crippen molar-refractivity contribution in [2.24, 2.45) is 0 Å². The first-order valence-electron chi connectivity index (χ1n) is 2.89. The van der Waals surface area contributed by atoms with E-state index in [2.05, 4.69) is 16.3 Å². The lowest BCUT2D eigenvalue weighted by atomic mass is 9.87. The van der Waals surface area contributed by atoms with Crippen molar-refractivity contribution >= 4 is 28.6 Å². The lowest BCUT2D eigenvalue weighted by Crippen LogP contribution is -2.62. The summed E-state index contributed by atoms with van der Waals surface area (Å²) >= 11 is 9.43. The van der Waals surface area contributed by atoms with E-state index in [1.165, 1.54) is 0 Å². The number of ether oxygens (including phenoxy) is 1. The van der Waals surface area contributed by atoms with Crippen molar-refractivity contribution in [1.29, 1.82) is 0 Å². The van der Waals surface area contributed by atoms with E-state index in [1.54, 1.807) is 0 Å². The second kappa shape index (κ2) is 2.67. The lowest BCUT2D eigenvalue weighted by Gasteiger charge is -2.43. The van der Waals surface area contributed by atoms with Gasteiger partial charge in [-0.25, -0.2) is 18.0 Å². The predicted octanol–water partition coefficient (Wildman–Crippen LogP) is 2.67. The summed E-state index contributed by atoms with van der Waals surface area (Å²) in [7, 11) is 0. The molecule has 2 atom stereocenters. The van der Waals surface area contributed by atoms with Crippen LogP contribution in [0.4, 0.5) is 18.0 Å². The Balaban J connectivity index is 2.60. The molecule has 2 nitrogen and oxygen atoms in total. The van der Waals surface area contributed by atoms with Gasteiger partial charge in [-0.05, 0) is 0 Å². The highest BCUT2D eigenvalue weighted by molar-refractivity contribution is 6.61. The molecule has 1 aliphatic rings. The summed E-state index contributed by atoms with van der Waals surface area (Å²) in [6, 6.07) is 0. The van der Waals surface area contributed by atoms with Crippen LogP contribution in [0.25, 0.3) is 0 Å². The molecule has 0 radical (unpaired) electrons. The number of carbonyl (C=O) groups excluding carboxylic acids is 1. The summed E-state index contributed by atoms with van der Waals surface area (Å²) < 4.78 is 41.2. The Labute approximate surface area is 75.6 Å². The highest BCUT2D eigenvalue weighted by atomic mass is 35.5. The van der Waals surface area contributed by atoms with Gasteiger partial charge in [0.15, 0.2) is 6.10 Å². The molecular weight excluding hydrogens is 220 g/mol. The predicted molar refractivity (Wildman–Crippen MR) is 35.4 cm³/mol. The Bertz CT molecular complexity index is 219. The van der Waals surface area contributed by atoms with Crippen molar-refractivity contribution in [3.63, 3.8) is 0 Å². The molecule has 7 heteroatoms. The van der Waals surface area contributed by atoms with Gasteiger partial charge < -0.3 is 4.74 Å². The second-order valence-electron chi connectivity index (χ2n) is 2.38. The minimum absolute atomic E-state index is 0.939. The highest BCUT2D eigenvalue weighted by Crippen LogP contribution is 2.54. The fourth-order valence-electron chi connectivity index (χ4n) is 0.829. The van der Waals surface area contributed by atoms with Crippen molar-refractivity contribution < 1.29 is 22.7 Å². The van der Waals surface area contributed by atoms with E-state index in [1.807, 2.05) is 0 Å². The first-order valence-corrected chi connectivity index (χ1v) is 3.65. The number of hydrogen-bond donors (Lipinski definition) is 0. The second-order valence-corrected chi connectivity index (χ2v) is 3.23. The zero-order valence-corrected chi connectivity index (χ0v) is 7.00. The van der Waals surface area contributed by atoms with Gasteiger partial charge in [-0.3, -0.25) is 0 Å². The van der Waals surface area contributed by atoms with Gasteiger partial charge in [-0.1, -0.05) is 11.6 Å². The van der Waals surface area contributed by atoms with Crippen molar-refractivity contribution in [3.8, 4) is 0 Å². The van der Waals surface area contributed by atoms with E-state index >= 15 is 0 Å². The summed E-state index contributed by atoms with van der Waals surface area (Å²) in [6.07, 6.45) is -2.61. The van der Waals surface area contributed by atoms with Crippen molar-refractivity contribution in [2.45, 2.75) is 23.6 Å². The van der Waals surface area contributed by atoms with Gasteiger partial charge in [0.2, 0.25) is 0 Å². The molecule has 0 aliphatic heterocycles. The molecule has 12 heavy (non-hydrogen) atoms. The van der Waals surface area contributed by atoms with E-state index in [9.17, 15) is 18.0 Å². The number of alkyl halides is 4.